The van der Waals surface area contributed by atoms with Crippen molar-refractivity contribution in [2.24, 2.45) is 0 Å². The molecule has 0 saturated heterocycles. The number of phenols is 1. The predicted molar refractivity (Wildman–Crippen MR) is 305 cm³/mol. The summed E-state index contributed by atoms with van der Waals surface area (Å²) in [5.74, 6) is 0.847. The molecule has 4 nitrogen and oxygen atoms in total. The van der Waals surface area contributed by atoms with E-state index in [0.717, 1.165) is 66.8 Å². The number of aromatic hydroxyl groups is 1. The standard InChI is InChI=1S/C68H72N3O.Pt/c1-64(2,3)49-32-33-59(54(40-49)44-22-17-16-18-23-44)71-60-27-21-25-53(61(60)70-63(71)55-41-51(66(7,8)9)42-57(62(55)72)68(13,14)15)47-36-48(38-50(37-47)65(4,5)6)58-39-46(34-35-69-58)43-28-30-45(31-29-43)52-24-19-20-26-56(52)67(10,11)12;/h16-35,37-42,72H,1-15H3;/q-1;/i34D,39D;. The van der Waals surface area contributed by atoms with Crippen molar-refractivity contribution in [1.82, 2.24) is 14.5 Å². The maximum atomic E-state index is 12.6. The van der Waals surface area contributed by atoms with E-state index < -0.39 is 0 Å². The fourth-order valence-electron chi connectivity index (χ4n) is 9.72. The molecule has 0 bridgehead atoms. The molecule has 0 fully saturated rings. The van der Waals surface area contributed by atoms with Crippen LogP contribution < -0.4 is 0 Å². The molecule has 2 aromatic heterocycles. The molecule has 2 heterocycles. The van der Waals surface area contributed by atoms with Gasteiger partial charge in [-0.3, -0.25) is 9.55 Å². The van der Waals surface area contributed by atoms with Crippen LogP contribution in [0.1, 0.15) is 134 Å². The minimum absolute atomic E-state index is 0. The Labute approximate surface area is 453 Å². The van der Waals surface area contributed by atoms with Gasteiger partial charge < -0.3 is 5.11 Å². The molecule has 0 radical (unpaired) electrons. The van der Waals surface area contributed by atoms with E-state index >= 15 is 0 Å². The summed E-state index contributed by atoms with van der Waals surface area (Å²) in [4.78, 5) is 10.5. The van der Waals surface area contributed by atoms with Gasteiger partial charge in [-0.25, -0.2) is 4.98 Å². The maximum Gasteiger partial charge on any atom is 0.148 e. The minimum Gasteiger partial charge on any atom is -0.507 e. The molecule has 9 rings (SSSR count). The van der Waals surface area contributed by atoms with Gasteiger partial charge in [-0.1, -0.05) is 224 Å². The van der Waals surface area contributed by atoms with Crippen LogP contribution in [0.15, 0.2) is 158 Å². The number of hydrogen-bond acceptors (Lipinski definition) is 3. The number of aromatic nitrogens is 3. The molecule has 1 N–H and O–H groups in total. The summed E-state index contributed by atoms with van der Waals surface area (Å²) < 4.78 is 21.2. The van der Waals surface area contributed by atoms with E-state index in [2.05, 4.69) is 236 Å². The second-order valence-electron chi connectivity index (χ2n) is 24.8. The molecular formula is C68H72N3OPt-. The molecule has 0 unspecified atom stereocenters. The van der Waals surface area contributed by atoms with Gasteiger partial charge >= 0.3 is 0 Å². The number of fused-ring (bicyclic) bond motifs is 1. The smallest absolute Gasteiger partial charge is 0.148 e. The van der Waals surface area contributed by atoms with Gasteiger partial charge in [0.1, 0.15) is 11.6 Å². The van der Waals surface area contributed by atoms with E-state index in [1.807, 2.05) is 18.2 Å². The molecule has 0 atom stereocenters. The Morgan fingerprint density at radius 3 is 1.68 bits per heavy atom. The molecule has 376 valence electrons. The summed E-state index contributed by atoms with van der Waals surface area (Å²) in [5.41, 5.74) is 16.2. The van der Waals surface area contributed by atoms with Crippen molar-refractivity contribution in [3.63, 3.8) is 0 Å². The first-order chi connectivity index (χ1) is 34.6. The van der Waals surface area contributed by atoms with Crippen LogP contribution >= 0.6 is 0 Å². The van der Waals surface area contributed by atoms with Gasteiger partial charge in [0.15, 0.2) is 0 Å². The van der Waals surface area contributed by atoms with E-state index in [1.54, 1.807) is 6.20 Å². The van der Waals surface area contributed by atoms with Crippen LogP contribution in [0.3, 0.4) is 0 Å². The molecule has 9 aromatic rings. The number of pyridine rings is 1. The van der Waals surface area contributed by atoms with E-state index in [4.69, 9.17) is 11.3 Å². The van der Waals surface area contributed by atoms with Crippen LogP contribution in [-0.2, 0) is 48.1 Å². The quantitative estimate of drug-likeness (QED) is 0.162. The molecule has 0 spiro atoms. The molecule has 0 aliphatic carbocycles. The first kappa shape index (κ1) is 50.2. The second kappa shape index (κ2) is 19.5. The predicted octanol–water partition coefficient (Wildman–Crippen LogP) is 18.4. The van der Waals surface area contributed by atoms with Gasteiger partial charge in [-0.15, -0.1) is 29.3 Å². The summed E-state index contributed by atoms with van der Waals surface area (Å²) in [7, 11) is 0. The third-order valence-corrected chi connectivity index (χ3v) is 14.0. The maximum absolute atomic E-state index is 12.6. The van der Waals surface area contributed by atoms with Crippen LogP contribution in [0.5, 0.6) is 5.75 Å². The number of para-hydroxylation sites is 1. The summed E-state index contributed by atoms with van der Waals surface area (Å²) in [5, 5.41) is 12.6. The van der Waals surface area contributed by atoms with Gasteiger partial charge in [-0.05, 0) is 102 Å². The molecular weight excluding hydrogens is 1070 g/mol. The Morgan fingerprint density at radius 2 is 1.04 bits per heavy atom. The van der Waals surface area contributed by atoms with Crippen LogP contribution in [0.4, 0.5) is 0 Å². The van der Waals surface area contributed by atoms with Crippen LogP contribution in [0, 0.1) is 6.07 Å². The van der Waals surface area contributed by atoms with Gasteiger partial charge in [0.05, 0.1) is 25.0 Å². The monoisotopic (exact) mass is 1140 g/mol. The first-order valence-corrected chi connectivity index (χ1v) is 25.5. The fraction of sp³-hybridized carbons (Fsp3) is 0.294. The van der Waals surface area contributed by atoms with Crippen LogP contribution in [0.2, 0.25) is 0 Å². The Hall–Kier alpha value is -6.35. The number of phenolic OH excluding ortho intramolecular Hbond substituents is 1. The van der Waals surface area contributed by atoms with Crippen LogP contribution in [-0.4, -0.2) is 19.6 Å². The third kappa shape index (κ3) is 10.7. The Morgan fingerprint density at radius 1 is 0.479 bits per heavy atom. The third-order valence-electron chi connectivity index (χ3n) is 14.0. The van der Waals surface area contributed by atoms with Crippen molar-refractivity contribution < 1.29 is 28.9 Å². The number of rotatable bonds is 7. The summed E-state index contributed by atoms with van der Waals surface area (Å²) in [6, 6.07) is 53.1. The normalized spacial score (nSPS) is 12.9. The number of hydrogen-bond donors (Lipinski definition) is 1. The fourth-order valence-corrected chi connectivity index (χ4v) is 9.72. The van der Waals surface area contributed by atoms with E-state index in [-0.39, 0.29) is 66.0 Å². The zero-order chi connectivity index (χ0) is 53.4. The average Bonchev–Trinajstić information content (AvgIpc) is 3.72. The van der Waals surface area contributed by atoms with E-state index in [9.17, 15) is 6.48 Å². The van der Waals surface area contributed by atoms with Crippen molar-refractivity contribution in [3.05, 3.63) is 192 Å². The second-order valence-corrected chi connectivity index (χ2v) is 24.8. The number of imidazole rings is 1. The van der Waals surface area contributed by atoms with Crippen molar-refractivity contribution in [2.45, 2.75) is 131 Å². The Balaban J connectivity index is 0.00000747. The molecule has 5 heteroatoms. The largest absolute Gasteiger partial charge is 0.507 e. The van der Waals surface area contributed by atoms with Crippen molar-refractivity contribution in [1.29, 1.82) is 0 Å². The Bertz CT molecular complexity index is 3590. The van der Waals surface area contributed by atoms with E-state index in [1.165, 1.54) is 16.7 Å². The van der Waals surface area contributed by atoms with Gasteiger partial charge in [-0.2, -0.15) is 0 Å². The van der Waals surface area contributed by atoms with Crippen molar-refractivity contribution in [2.75, 3.05) is 0 Å². The zero-order valence-electron chi connectivity index (χ0n) is 47.5. The molecule has 0 amide bonds. The van der Waals surface area contributed by atoms with Crippen molar-refractivity contribution >= 4 is 11.0 Å². The average molecular weight is 1140 g/mol. The molecule has 73 heavy (non-hydrogen) atoms. The molecule has 0 aliphatic rings. The van der Waals surface area contributed by atoms with Crippen molar-refractivity contribution in [3.8, 4) is 78.6 Å². The Kier molecular flexibility index (Phi) is 13.4. The van der Waals surface area contributed by atoms with E-state index in [0.29, 0.717) is 28.2 Å². The minimum atomic E-state index is -0.366. The molecule has 7 aromatic carbocycles. The first-order valence-electron chi connectivity index (χ1n) is 26.5. The summed E-state index contributed by atoms with van der Waals surface area (Å²) in [6.45, 7) is 33.1. The summed E-state index contributed by atoms with van der Waals surface area (Å²) in [6.07, 6.45) is 1.57. The molecule has 0 saturated carbocycles. The number of nitrogens with zero attached hydrogens (tertiary/aromatic N) is 3. The van der Waals surface area contributed by atoms with Gasteiger partial charge in [0.2, 0.25) is 0 Å². The zero-order valence-corrected chi connectivity index (χ0v) is 47.7. The SMILES string of the molecule is [2H]c1cnc(-c2[c-]c(-c3cccc4c3nc(-c3cc(C(C)(C)C)cc(C(C)(C)C)c3O)n4-c3ccc(C(C)(C)C)cc3-c3ccccc3)cc(C(C)(C)C)c2)c([2H])c1-c1ccc(-c2ccccc2C(C)(C)C)cc1.[Pt]. The van der Waals surface area contributed by atoms with Gasteiger partial charge in [0, 0.05) is 44.1 Å². The summed E-state index contributed by atoms with van der Waals surface area (Å²) >= 11 is 0. The van der Waals surface area contributed by atoms with Crippen LogP contribution in [0.25, 0.3) is 83.9 Å². The van der Waals surface area contributed by atoms with Gasteiger partial charge in [0.25, 0.3) is 0 Å². The number of benzene rings is 7. The topological polar surface area (TPSA) is 50.9 Å². The molecule has 0 aliphatic heterocycles.